The lowest BCUT2D eigenvalue weighted by molar-refractivity contribution is -0.112. The van der Waals surface area contributed by atoms with Gasteiger partial charge in [0.05, 0.1) is 11.8 Å². The van der Waals surface area contributed by atoms with E-state index in [0.717, 1.165) is 41.1 Å². The fraction of sp³-hybridized carbons (Fsp3) is 0.100. The van der Waals surface area contributed by atoms with Crippen LogP contribution < -0.4 is 0 Å². The van der Waals surface area contributed by atoms with Crippen molar-refractivity contribution in [2.75, 3.05) is 0 Å². The first-order chi connectivity index (χ1) is 13.7. The molecule has 2 nitrogen and oxygen atoms in total. The van der Waals surface area contributed by atoms with E-state index in [1.54, 1.807) is 45.3 Å². The van der Waals surface area contributed by atoms with E-state index in [0.29, 0.717) is 0 Å². The highest BCUT2D eigenvalue weighted by molar-refractivity contribution is 8.87. The highest BCUT2D eigenvalue weighted by Crippen LogP contribution is 2.42. The van der Waals surface area contributed by atoms with Crippen molar-refractivity contribution in [3.63, 3.8) is 0 Å². The molecule has 0 atom stereocenters. The third kappa shape index (κ3) is 4.53. The molecular weight excluding hydrogens is 465 g/mol. The Hall–Kier alpha value is -1.16. The lowest BCUT2D eigenvalue weighted by atomic mass is 10.1. The van der Waals surface area contributed by atoms with Crippen LogP contribution in [-0.4, -0.2) is 10.2 Å². The highest BCUT2D eigenvalue weighted by Gasteiger charge is 2.30. The van der Waals surface area contributed by atoms with Crippen molar-refractivity contribution in [3.05, 3.63) is 89.6 Å². The molecule has 142 valence electrons. The molecule has 4 heterocycles. The van der Waals surface area contributed by atoms with Crippen molar-refractivity contribution in [1.82, 2.24) is 0 Å². The zero-order valence-electron chi connectivity index (χ0n) is 14.3. The quantitative estimate of drug-likeness (QED) is 0.272. The van der Waals surface area contributed by atoms with Crippen molar-refractivity contribution in [2.24, 2.45) is 0 Å². The topological polar surface area (TPSA) is 34.1 Å². The maximum atomic E-state index is 13.0. The molecular formula is C20H14O2S6. The molecule has 0 radical (unpaired) electrons. The van der Waals surface area contributed by atoms with Gasteiger partial charge in [-0.05, 0) is 67.4 Å². The zero-order chi connectivity index (χ0) is 19.3. The van der Waals surface area contributed by atoms with Gasteiger partial charge in [-0.25, -0.2) is 0 Å². The van der Waals surface area contributed by atoms with Gasteiger partial charge >= 0.3 is 0 Å². The number of hydrogen-bond donors (Lipinski definition) is 0. The minimum atomic E-state index is -0.313. The predicted molar refractivity (Wildman–Crippen MR) is 126 cm³/mol. The van der Waals surface area contributed by atoms with Crippen LogP contribution in [0.25, 0.3) is 0 Å². The molecule has 0 aromatic carbocycles. The van der Waals surface area contributed by atoms with Gasteiger partial charge in [-0.1, -0.05) is 24.3 Å². The summed E-state index contributed by atoms with van der Waals surface area (Å²) in [7, 11) is 2.13. The Labute approximate surface area is 187 Å². The smallest absolute Gasteiger partial charge is 0.213 e. The van der Waals surface area contributed by atoms with Crippen molar-refractivity contribution >= 4 is 77.2 Å². The molecule has 4 aromatic rings. The predicted octanol–water partition coefficient (Wildman–Crippen LogP) is 7.33. The van der Waals surface area contributed by atoms with Gasteiger partial charge in [0, 0.05) is 19.5 Å². The summed E-state index contributed by atoms with van der Waals surface area (Å²) in [4.78, 5) is 30.2. The van der Waals surface area contributed by atoms with Gasteiger partial charge in [0.2, 0.25) is 10.2 Å². The Morgan fingerprint density at radius 2 is 0.857 bits per heavy atom. The fourth-order valence-electron chi connectivity index (χ4n) is 2.75. The summed E-state index contributed by atoms with van der Waals surface area (Å²) in [5.41, 5.74) is 0. The molecule has 0 unspecified atom stereocenters. The van der Waals surface area contributed by atoms with Gasteiger partial charge in [-0.3, -0.25) is 9.59 Å². The molecule has 0 fully saturated rings. The number of hydrogen-bond acceptors (Lipinski definition) is 8. The zero-order valence-corrected chi connectivity index (χ0v) is 19.2. The van der Waals surface area contributed by atoms with E-state index in [1.165, 1.54) is 0 Å². The van der Waals surface area contributed by atoms with Crippen LogP contribution in [0.1, 0.15) is 31.3 Å². The normalized spacial score (nSPS) is 11.4. The molecule has 0 aliphatic carbocycles. The maximum Gasteiger partial charge on any atom is 0.213 e. The summed E-state index contributed by atoms with van der Waals surface area (Å²) in [6, 6.07) is 15.8. The van der Waals surface area contributed by atoms with Gasteiger partial charge < -0.3 is 0 Å². The van der Waals surface area contributed by atoms with Crippen molar-refractivity contribution in [2.45, 2.75) is 11.8 Å². The Kier molecular flexibility index (Phi) is 6.87. The second kappa shape index (κ2) is 9.56. The second-order valence-corrected chi connectivity index (χ2v) is 11.8. The number of carbonyl (C=O) groups excluding carboxylic acids is 2. The molecule has 0 saturated heterocycles. The van der Waals surface area contributed by atoms with Crippen molar-refractivity contribution < 1.29 is 9.59 Å². The number of carbonyl (C=O) groups is 2. The molecule has 4 rings (SSSR count). The van der Waals surface area contributed by atoms with E-state index in [-0.39, 0.29) is 22.1 Å². The van der Waals surface area contributed by atoms with Gasteiger partial charge in [0.25, 0.3) is 0 Å². The third-order valence-corrected chi connectivity index (χ3v) is 9.86. The molecule has 0 spiro atoms. The molecule has 0 aliphatic rings. The van der Waals surface area contributed by atoms with Crippen molar-refractivity contribution in [3.8, 4) is 0 Å². The number of rotatable bonds is 6. The van der Waals surface area contributed by atoms with Crippen LogP contribution in [0, 0.1) is 0 Å². The molecule has 8 heteroatoms. The van der Waals surface area contributed by atoms with Crippen molar-refractivity contribution in [1.29, 1.82) is 0 Å². The van der Waals surface area contributed by atoms with Crippen LogP contribution in [0.5, 0.6) is 0 Å². The van der Waals surface area contributed by atoms with Gasteiger partial charge in [-0.2, -0.15) is 0 Å². The standard InChI is InChI=1S/C20H14O2S6/c21-19(17(13-5-1-9-23-13)14-6-2-10-24-14)27-28-20(22)18(15-7-3-11-25-15)16-8-4-12-26-16/h1-12,17-18H. The minimum absolute atomic E-state index is 0.000593. The Morgan fingerprint density at radius 1 is 0.571 bits per heavy atom. The van der Waals surface area contributed by atoms with E-state index in [2.05, 4.69) is 0 Å². The molecule has 0 aliphatic heterocycles. The molecule has 28 heavy (non-hydrogen) atoms. The van der Waals surface area contributed by atoms with E-state index in [1.807, 2.05) is 70.1 Å². The van der Waals surface area contributed by atoms with Crippen LogP contribution in [0.2, 0.25) is 0 Å². The first-order valence-corrected chi connectivity index (χ1v) is 14.0. The van der Waals surface area contributed by atoms with Gasteiger partial charge in [0.15, 0.2) is 0 Å². The van der Waals surface area contributed by atoms with Crippen LogP contribution in [-0.2, 0) is 9.59 Å². The first-order valence-electron chi connectivity index (χ1n) is 8.30. The Balaban J connectivity index is 1.51. The van der Waals surface area contributed by atoms with E-state index >= 15 is 0 Å². The molecule has 0 N–H and O–H groups in total. The average molecular weight is 479 g/mol. The third-order valence-electron chi connectivity index (χ3n) is 3.99. The lowest BCUT2D eigenvalue weighted by Gasteiger charge is -2.14. The van der Waals surface area contributed by atoms with E-state index in [9.17, 15) is 9.59 Å². The van der Waals surface area contributed by atoms with Crippen LogP contribution >= 0.6 is 66.9 Å². The molecule has 0 amide bonds. The summed E-state index contributed by atoms with van der Waals surface area (Å²) < 4.78 is 0. The molecule has 4 aromatic heterocycles. The highest BCUT2D eigenvalue weighted by atomic mass is 33.1. The Morgan fingerprint density at radius 3 is 1.07 bits per heavy atom. The number of thiophene rings is 4. The van der Waals surface area contributed by atoms with Crippen LogP contribution in [0.4, 0.5) is 0 Å². The average Bonchev–Trinajstić information content (AvgIpc) is 3.50. The summed E-state index contributed by atoms with van der Waals surface area (Å²) in [6.45, 7) is 0. The molecule has 0 saturated carbocycles. The van der Waals surface area contributed by atoms with E-state index in [4.69, 9.17) is 0 Å². The largest absolute Gasteiger partial charge is 0.285 e. The first kappa shape index (κ1) is 20.1. The van der Waals surface area contributed by atoms with Crippen LogP contribution in [0.15, 0.2) is 70.1 Å². The minimum Gasteiger partial charge on any atom is -0.285 e. The van der Waals surface area contributed by atoms with Gasteiger partial charge in [0.1, 0.15) is 0 Å². The lowest BCUT2D eigenvalue weighted by Crippen LogP contribution is -2.10. The fourth-order valence-corrected chi connectivity index (χ4v) is 8.49. The summed E-state index contributed by atoms with van der Waals surface area (Å²) in [5.74, 6) is -0.626. The summed E-state index contributed by atoms with van der Waals surface area (Å²) >= 11 is 6.30. The SMILES string of the molecule is O=C(SSC(=O)C(c1cccs1)c1cccs1)C(c1cccs1)c1cccs1. The maximum absolute atomic E-state index is 13.0. The van der Waals surface area contributed by atoms with Crippen LogP contribution in [0.3, 0.4) is 0 Å². The summed E-state index contributed by atoms with van der Waals surface area (Å²) in [5, 5.41) is 7.93. The monoisotopic (exact) mass is 478 g/mol. The summed E-state index contributed by atoms with van der Waals surface area (Å²) in [6.07, 6.45) is 0. The molecule has 0 bridgehead atoms. The van der Waals surface area contributed by atoms with Gasteiger partial charge in [-0.15, -0.1) is 45.3 Å². The Bertz CT molecular complexity index is 848. The second-order valence-electron chi connectivity index (χ2n) is 5.73. The van der Waals surface area contributed by atoms with E-state index < -0.39 is 0 Å².